The molecule has 26 heavy (non-hydrogen) atoms. The van der Waals surface area contributed by atoms with Crippen molar-refractivity contribution in [3.05, 3.63) is 64.4 Å². The molecular weight excluding hydrogens is 355 g/mol. The molecule has 0 saturated heterocycles. The minimum Gasteiger partial charge on any atom is -0.395 e. The summed E-state index contributed by atoms with van der Waals surface area (Å²) >= 11 is 5.66. The monoisotopic (exact) mass is 376 g/mol. The van der Waals surface area contributed by atoms with Crippen molar-refractivity contribution >= 4 is 23.2 Å². The Morgan fingerprint density at radius 1 is 1.23 bits per heavy atom. The van der Waals surface area contributed by atoms with Crippen LogP contribution in [-0.4, -0.2) is 41.7 Å². The van der Waals surface area contributed by atoms with Gasteiger partial charge < -0.3 is 10.4 Å². The van der Waals surface area contributed by atoms with Gasteiger partial charge in [0.2, 0.25) is 0 Å². The number of benzene rings is 2. The number of hydrogen-bond donors (Lipinski definition) is 2. The lowest BCUT2D eigenvalue weighted by atomic mass is 10.1. The molecule has 2 aromatic rings. The van der Waals surface area contributed by atoms with Gasteiger partial charge in [0.15, 0.2) is 0 Å². The Kier molecular flexibility index (Phi) is 6.25. The number of halogens is 2. The van der Waals surface area contributed by atoms with E-state index in [-0.39, 0.29) is 17.5 Å². The van der Waals surface area contributed by atoms with Gasteiger partial charge >= 0.3 is 0 Å². The molecule has 0 heterocycles. The zero-order chi connectivity index (χ0) is 18.5. The molecule has 0 aromatic heterocycles. The maximum absolute atomic E-state index is 13.5. The van der Waals surface area contributed by atoms with Gasteiger partial charge in [-0.3, -0.25) is 9.69 Å². The normalized spacial score (nSPS) is 13.8. The van der Waals surface area contributed by atoms with E-state index in [1.165, 1.54) is 25.0 Å². The van der Waals surface area contributed by atoms with Gasteiger partial charge in [-0.1, -0.05) is 23.7 Å². The average molecular weight is 377 g/mol. The molecule has 1 aliphatic carbocycles. The highest BCUT2D eigenvalue weighted by Crippen LogP contribution is 2.26. The minimum atomic E-state index is -0.567. The molecule has 4 nitrogen and oxygen atoms in total. The number of nitrogens with one attached hydrogen (secondary N) is 1. The number of nitrogens with zero attached hydrogens (tertiary/aromatic N) is 1. The van der Waals surface area contributed by atoms with Gasteiger partial charge in [0, 0.05) is 30.4 Å². The number of carbonyl (C=O) groups excluding carboxylic acids is 1. The van der Waals surface area contributed by atoms with Crippen LogP contribution in [0.5, 0.6) is 0 Å². The average Bonchev–Trinajstić information content (AvgIpc) is 3.47. The van der Waals surface area contributed by atoms with Gasteiger partial charge in [-0.05, 0) is 55.2 Å². The number of anilines is 1. The van der Waals surface area contributed by atoms with Crippen LogP contribution in [0.4, 0.5) is 10.1 Å². The van der Waals surface area contributed by atoms with Crippen molar-refractivity contribution in [2.45, 2.75) is 25.3 Å². The predicted octanol–water partition coefficient (Wildman–Crippen LogP) is 3.73. The van der Waals surface area contributed by atoms with Crippen LogP contribution in [0, 0.1) is 5.82 Å². The Hall–Kier alpha value is -1.95. The van der Waals surface area contributed by atoms with E-state index in [4.69, 9.17) is 11.6 Å². The summed E-state index contributed by atoms with van der Waals surface area (Å²) < 4.78 is 13.5. The van der Waals surface area contributed by atoms with Crippen LogP contribution in [0.15, 0.2) is 42.5 Å². The maximum Gasteiger partial charge on any atom is 0.255 e. The Bertz CT molecular complexity index is 780. The van der Waals surface area contributed by atoms with Crippen molar-refractivity contribution in [2.75, 3.05) is 25.0 Å². The van der Waals surface area contributed by atoms with Gasteiger partial charge in [0.05, 0.1) is 11.6 Å². The number of hydrogen-bond acceptors (Lipinski definition) is 3. The van der Waals surface area contributed by atoms with Crippen LogP contribution in [0.1, 0.15) is 28.8 Å². The Labute approximate surface area is 157 Å². The molecule has 0 atom stereocenters. The molecular formula is C20H22ClFN2O2. The third-order valence-corrected chi connectivity index (χ3v) is 4.81. The molecule has 1 amide bonds. The summed E-state index contributed by atoms with van der Waals surface area (Å²) in [5, 5.41) is 11.9. The van der Waals surface area contributed by atoms with Crippen LogP contribution in [0.25, 0.3) is 0 Å². The standard InChI is InChI=1S/C20H22ClFN2O2/c21-18-7-4-16(13-19(18)22)23-20(26)15-3-1-2-14(12-15)8-9-24(10-11-25)17-5-6-17/h1-4,7,12-13,17,25H,5-6,8-11H2,(H,23,26). The van der Waals surface area contributed by atoms with Crippen LogP contribution in [-0.2, 0) is 6.42 Å². The first kappa shape index (κ1) is 18.8. The quantitative estimate of drug-likeness (QED) is 0.738. The molecule has 1 fully saturated rings. The molecule has 138 valence electrons. The van der Waals surface area contributed by atoms with Gasteiger partial charge in [0.25, 0.3) is 5.91 Å². The van der Waals surface area contributed by atoms with Crippen molar-refractivity contribution < 1.29 is 14.3 Å². The Morgan fingerprint density at radius 2 is 2.04 bits per heavy atom. The topological polar surface area (TPSA) is 52.6 Å². The molecule has 2 N–H and O–H groups in total. The first-order chi connectivity index (χ1) is 12.6. The van der Waals surface area contributed by atoms with E-state index in [2.05, 4.69) is 10.2 Å². The van der Waals surface area contributed by atoms with E-state index in [1.54, 1.807) is 12.1 Å². The number of carbonyl (C=O) groups is 1. The molecule has 0 radical (unpaired) electrons. The highest BCUT2D eigenvalue weighted by atomic mass is 35.5. The fraction of sp³-hybridized carbons (Fsp3) is 0.350. The summed E-state index contributed by atoms with van der Waals surface area (Å²) in [6.07, 6.45) is 3.20. The Balaban J connectivity index is 1.62. The van der Waals surface area contributed by atoms with Crippen LogP contribution < -0.4 is 5.32 Å². The molecule has 1 aliphatic rings. The molecule has 2 aromatic carbocycles. The smallest absolute Gasteiger partial charge is 0.255 e. The predicted molar refractivity (Wildman–Crippen MR) is 101 cm³/mol. The lowest BCUT2D eigenvalue weighted by Crippen LogP contribution is -2.31. The first-order valence-corrected chi connectivity index (χ1v) is 9.15. The lowest BCUT2D eigenvalue weighted by Gasteiger charge is -2.20. The molecule has 3 rings (SSSR count). The molecule has 0 unspecified atom stereocenters. The molecule has 0 bridgehead atoms. The number of amides is 1. The van der Waals surface area contributed by atoms with E-state index in [0.29, 0.717) is 23.8 Å². The third kappa shape index (κ3) is 5.04. The highest BCUT2D eigenvalue weighted by molar-refractivity contribution is 6.30. The summed E-state index contributed by atoms with van der Waals surface area (Å²) in [5.41, 5.74) is 1.95. The van der Waals surface area contributed by atoms with Crippen LogP contribution in [0.2, 0.25) is 5.02 Å². The summed E-state index contributed by atoms with van der Waals surface area (Å²) in [6, 6.07) is 12.2. The van der Waals surface area contributed by atoms with Crippen molar-refractivity contribution in [1.29, 1.82) is 0 Å². The third-order valence-electron chi connectivity index (χ3n) is 4.50. The van der Waals surface area contributed by atoms with Crippen molar-refractivity contribution in [1.82, 2.24) is 4.90 Å². The van der Waals surface area contributed by atoms with Crippen LogP contribution >= 0.6 is 11.6 Å². The SMILES string of the molecule is O=C(Nc1ccc(Cl)c(F)c1)c1cccc(CCN(CCO)C2CC2)c1. The van der Waals surface area contributed by atoms with E-state index >= 15 is 0 Å². The molecule has 0 aliphatic heterocycles. The molecule has 0 spiro atoms. The first-order valence-electron chi connectivity index (χ1n) is 8.77. The van der Waals surface area contributed by atoms with Crippen molar-refractivity contribution in [3.8, 4) is 0 Å². The van der Waals surface area contributed by atoms with Gasteiger partial charge in [-0.25, -0.2) is 4.39 Å². The molecule has 6 heteroatoms. The number of rotatable bonds is 8. The second kappa shape index (κ2) is 8.62. The largest absolute Gasteiger partial charge is 0.395 e. The summed E-state index contributed by atoms with van der Waals surface area (Å²) in [6.45, 7) is 1.71. The highest BCUT2D eigenvalue weighted by Gasteiger charge is 2.27. The van der Waals surface area contributed by atoms with Crippen molar-refractivity contribution in [3.63, 3.8) is 0 Å². The van der Waals surface area contributed by atoms with Crippen molar-refractivity contribution in [2.24, 2.45) is 0 Å². The summed E-state index contributed by atoms with van der Waals surface area (Å²) in [5.74, 6) is -0.856. The summed E-state index contributed by atoms with van der Waals surface area (Å²) in [7, 11) is 0. The van der Waals surface area contributed by atoms with E-state index in [1.807, 2.05) is 18.2 Å². The zero-order valence-corrected chi connectivity index (χ0v) is 15.2. The second-order valence-electron chi connectivity index (χ2n) is 6.52. The zero-order valence-electron chi connectivity index (χ0n) is 14.4. The molecule has 1 saturated carbocycles. The fourth-order valence-electron chi connectivity index (χ4n) is 2.96. The number of aliphatic hydroxyl groups excluding tert-OH is 1. The van der Waals surface area contributed by atoms with Crippen LogP contribution in [0.3, 0.4) is 0 Å². The fourth-order valence-corrected chi connectivity index (χ4v) is 3.08. The lowest BCUT2D eigenvalue weighted by molar-refractivity contribution is 0.102. The van der Waals surface area contributed by atoms with E-state index in [0.717, 1.165) is 18.5 Å². The van der Waals surface area contributed by atoms with Gasteiger partial charge in [-0.2, -0.15) is 0 Å². The summed E-state index contributed by atoms with van der Waals surface area (Å²) in [4.78, 5) is 14.7. The van der Waals surface area contributed by atoms with Gasteiger partial charge in [0.1, 0.15) is 5.82 Å². The van der Waals surface area contributed by atoms with E-state index in [9.17, 15) is 14.3 Å². The number of aliphatic hydroxyl groups is 1. The maximum atomic E-state index is 13.5. The van der Waals surface area contributed by atoms with Gasteiger partial charge in [-0.15, -0.1) is 0 Å². The second-order valence-corrected chi connectivity index (χ2v) is 6.93. The minimum absolute atomic E-state index is 0.0214. The Morgan fingerprint density at radius 3 is 2.73 bits per heavy atom. The van der Waals surface area contributed by atoms with E-state index < -0.39 is 5.82 Å².